The monoisotopic (exact) mass is 219 g/mol. The SMILES string of the molecule is CC1(O)CCC(=O)N1CCc1ccccc1. The van der Waals surface area contributed by atoms with Gasteiger partial charge in [-0.25, -0.2) is 0 Å². The first-order valence-corrected chi connectivity index (χ1v) is 5.66. The van der Waals surface area contributed by atoms with E-state index in [0.717, 1.165) is 6.42 Å². The lowest BCUT2D eigenvalue weighted by atomic mass is 10.1. The number of carbonyl (C=O) groups excluding carboxylic acids is 1. The van der Waals surface area contributed by atoms with E-state index in [1.807, 2.05) is 30.3 Å². The molecule has 0 saturated carbocycles. The summed E-state index contributed by atoms with van der Waals surface area (Å²) in [5.41, 5.74) is 0.240. The van der Waals surface area contributed by atoms with Gasteiger partial charge in [0, 0.05) is 19.4 Å². The van der Waals surface area contributed by atoms with Crippen LogP contribution in [-0.2, 0) is 11.2 Å². The number of hydrogen-bond acceptors (Lipinski definition) is 2. The van der Waals surface area contributed by atoms with Crippen LogP contribution in [0.15, 0.2) is 30.3 Å². The highest BCUT2D eigenvalue weighted by Gasteiger charge is 2.38. The summed E-state index contributed by atoms with van der Waals surface area (Å²) in [6.45, 7) is 2.30. The highest BCUT2D eigenvalue weighted by atomic mass is 16.3. The van der Waals surface area contributed by atoms with E-state index in [-0.39, 0.29) is 5.91 Å². The fraction of sp³-hybridized carbons (Fsp3) is 0.462. The third-order valence-electron chi connectivity index (χ3n) is 3.16. The molecule has 2 rings (SSSR count). The first-order valence-electron chi connectivity index (χ1n) is 5.66. The average molecular weight is 219 g/mol. The van der Waals surface area contributed by atoms with Crippen LogP contribution in [0.1, 0.15) is 25.3 Å². The Hall–Kier alpha value is -1.35. The topological polar surface area (TPSA) is 40.5 Å². The van der Waals surface area contributed by atoms with Gasteiger partial charge >= 0.3 is 0 Å². The van der Waals surface area contributed by atoms with Crippen molar-refractivity contribution in [3.63, 3.8) is 0 Å². The normalized spacial score (nSPS) is 25.1. The fourth-order valence-corrected chi connectivity index (χ4v) is 2.13. The summed E-state index contributed by atoms with van der Waals surface area (Å²) < 4.78 is 0. The largest absolute Gasteiger partial charge is 0.371 e. The van der Waals surface area contributed by atoms with Crippen molar-refractivity contribution in [2.45, 2.75) is 31.9 Å². The van der Waals surface area contributed by atoms with Crippen LogP contribution in [0.25, 0.3) is 0 Å². The minimum absolute atomic E-state index is 0.0564. The van der Waals surface area contributed by atoms with Gasteiger partial charge in [0.15, 0.2) is 0 Å². The lowest BCUT2D eigenvalue weighted by Gasteiger charge is -2.30. The molecule has 1 aliphatic rings. The molecule has 16 heavy (non-hydrogen) atoms. The minimum atomic E-state index is -0.953. The number of carbonyl (C=O) groups is 1. The lowest BCUT2D eigenvalue weighted by Crippen LogP contribution is -2.44. The van der Waals surface area contributed by atoms with Crippen LogP contribution in [0.2, 0.25) is 0 Å². The number of nitrogens with zero attached hydrogens (tertiary/aromatic N) is 1. The van der Waals surface area contributed by atoms with E-state index >= 15 is 0 Å². The van der Waals surface area contributed by atoms with Gasteiger partial charge < -0.3 is 10.0 Å². The van der Waals surface area contributed by atoms with Gasteiger partial charge in [0.25, 0.3) is 0 Å². The Morgan fingerprint density at radius 2 is 2.06 bits per heavy atom. The second-order valence-corrected chi connectivity index (χ2v) is 4.50. The number of likely N-dealkylation sites (tertiary alicyclic amines) is 1. The second-order valence-electron chi connectivity index (χ2n) is 4.50. The molecule has 1 atom stereocenters. The molecular weight excluding hydrogens is 202 g/mol. The summed E-state index contributed by atoms with van der Waals surface area (Å²) in [5, 5.41) is 10.0. The molecule has 0 radical (unpaired) electrons. The van der Waals surface area contributed by atoms with Crippen molar-refractivity contribution in [1.29, 1.82) is 0 Å². The second kappa shape index (κ2) is 4.26. The molecule has 1 fully saturated rings. The van der Waals surface area contributed by atoms with E-state index in [0.29, 0.717) is 19.4 Å². The maximum Gasteiger partial charge on any atom is 0.224 e. The molecule has 1 amide bonds. The van der Waals surface area contributed by atoms with Gasteiger partial charge in [-0.15, -0.1) is 0 Å². The van der Waals surface area contributed by atoms with Crippen molar-refractivity contribution < 1.29 is 9.90 Å². The van der Waals surface area contributed by atoms with Gasteiger partial charge in [-0.3, -0.25) is 4.79 Å². The zero-order valence-electron chi connectivity index (χ0n) is 9.52. The molecule has 86 valence electrons. The zero-order valence-corrected chi connectivity index (χ0v) is 9.52. The predicted octanol–water partition coefficient (Wildman–Crippen LogP) is 1.56. The molecule has 0 bridgehead atoms. The molecule has 0 aromatic heterocycles. The maximum absolute atomic E-state index is 11.6. The van der Waals surface area contributed by atoms with Crippen molar-refractivity contribution in [2.75, 3.05) is 6.54 Å². The quantitative estimate of drug-likeness (QED) is 0.838. The van der Waals surface area contributed by atoms with Crippen LogP contribution in [0.5, 0.6) is 0 Å². The highest BCUT2D eigenvalue weighted by Crippen LogP contribution is 2.27. The number of benzene rings is 1. The Kier molecular flexibility index (Phi) is 2.97. The van der Waals surface area contributed by atoms with E-state index < -0.39 is 5.72 Å². The van der Waals surface area contributed by atoms with E-state index in [4.69, 9.17) is 0 Å². The first-order chi connectivity index (χ1) is 7.59. The van der Waals surface area contributed by atoms with E-state index in [1.165, 1.54) is 5.56 Å². The molecule has 3 nitrogen and oxygen atoms in total. The van der Waals surface area contributed by atoms with Gasteiger partial charge in [0.2, 0.25) is 5.91 Å². The highest BCUT2D eigenvalue weighted by molar-refractivity contribution is 5.79. The van der Waals surface area contributed by atoms with Gasteiger partial charge in [-0.1, -0.05) is 30.3 Å². The molecule has 1 aromatic rings. The summed E-state index contributed by atoms with van der Waals surface area (Å²) in [4.78, 5) is 13.2. The summed E-state index contributed by atoms with van der Waals surface area (Å²) in [6.07, 6.45) is 1.80. The van der Waals surface area contributed by atoms with Crippen LogP contribution >= 0.6 is 0 Å². The number of rotatable bonds is 3. The van der Waals surface area contributed by atoms with Crippen molar-refractivity contribution >= 4 is 5.91 Å². The van der Waals surface area contributed by atoms with Gasteiger partial charge in [0.1, 0.15) is 5.72 Å². The average Bonchev–Trinajstić information content (AvgIpc) is 2.52. The Bertz CT molecular complexity index is 373. The van der Waals surface area contributed by atoms with Crippen LogP contribution in [-0.4, -0.2) is 28.2 Å². The van der Waals surface area contributed by atoms with Crippen LogP contribution in [0.3, 0.4) is 0 Å². The Balaban J connectivity index is 1.98. The summed E-state index contributed by atoms with van der Waals surface area (Å²) in [5.74, 6) is 0.0564. The number of hydrogen-bond donors (Lipinski definition) is 1. The smallest absolute Gasteiger partial charge is 0.224 e. The van der Waals surface area contributed by atoms with Crippen LogP contribution in [0, 0.1) is 0 Å². The molecule has 0 aliphatic carbocycles. The Labute approximate surface area is 95.7 Å². The number of aliphatic hydroxyl groups is 1. The van der Waals surface area contributed by atoms with Crippen LogP contribution in [0.4, 0.5) is 0 Å². The molecule has 1 unspecified atom stereocenters. The predicted molar refractivity (Wildman–Crippen MR) is 61.7 cm³/mol. The van der Waals surface area contributed by atoms with Gasteiger partial charge in [-0.2, -0.15) is 0 Å². The lowest BCUT2D eigenvalue weighted by molar-refractivity contribution is -0.142. The maximum atomic E-state index is 11.6. The molecule has 1 aliphatic heterocycles. The molecule has 1 heterocycles. The molecule has 1 aromatic carbocycles. The molecular formula is C13H17NO2. The first kappa shape index (κ1) is 11.1. The van der Waals surface area contributed by atoms with E-state index in [1.54, 1.807) is 11.8 Å². The third kappa shape index (κ3) is 2.25. The van der Waals surface area contributed by atoms with E-state index in [2.05, 4.69) is 0 Å². The summed E-state index contributed by atoms with van der Waals surface area (Å²) in [7, 11) is 0. The van der Waals surface area contributed by atoms with Crippen molar-refractivity contribution in [2.24, 2.45) is 0 Å². The molecule has 3 heteroatoms. The van der Waals surface area contributed by atoms with Crippen LogP contribution < -0.4 is 0 Å². The summed E-state index contributed by atoms with van der Waals surface area (Å²) >= 11 is 0. The standard InChI is InChI=1S/C13H17NO2/c1-13(16)9-7-12(15)14(13)10-8-11-5-3-2-4-6-11/h2-6,16H,7-10H2,1H3. The zero-order chi connectivity index (χ0) is 11.6. The van der Waals surface area contributed by atoms with Gasteiger partial charge in [-0.05, 0) is 18.9 Å². The van der Waals surface area contributed by atoms with Crippen molar-refractivity contribution in [1.82, 2.24) is 4.90 Å². The van der Waals surface area contributed by atoms with Crippen molar-refractivity contribution in [3.05, 3.63) is 35.9 Å². The Morgan fingerprint density at radius 1 is 1.38 bits per heavy atom. The van der Waals surface area contributed by atoms with Crippen molar-refractivity contribution in [3.8, 4) is 0 Å². The summed E-state index contributed by atoms with van der Waals surface area (Å²) in [6, 6.07) is 10.0. The minimum Gasteiger partial charge on any atom is -0.371 e. The third-order valence-corrected chi connectivity index (χ3v) is 3.16. The number of amides is 1. The molecule has 1 saturated heterocycles. The fourth-order valence-electron chi connectivity index (χ4n) is 2.13. The van der Waals surface area contributed by atoms with Gasteiger partial charge in [0.05, 0.1) is 0 Å². The molecule has 0 spiro atoms. The Morgan fingerprint density at radius 3 is 2.62 bits per heavy atom. The van der Waals surface area contributed by atoms with E-state index in [9.17, 15) is 9.90 Å². The molecule has 1 N–H and O–H groups in total.